The second kappa shape index (κ2) is 4.29. The second-order valence-electron chi connectivity index (χ2n) is 3.65. The molecule has 0 radical (unpaired) electrons. The van der Waals surface area contributed by atoms with Crippen molar-refractivity contribution in [3.05, 3.63) is 47.6 Å². The van der Waals surface area contributed by atoms with E-state index in [1.807, 2.05) is 0 Å². The van der Waals surface area contributed by atoms with Crippen molar-refractivity contribution in [1.29, 1.82) is 0 Å². The molecule has 4 nitrogen and oxygen atoms in total. The fourth-order valence-corrected chi connectivity index (χ4v) is 2.69. The van der Waals surface area contributed by atoms with Crippen LogP contribution in [-0.4, -0.2) is 13.6 Å². The van der Waals surface area contributed by atoms with Gasteiger partial charge in [-0.1, -0.05) is 11.2 Å². The maximum atomic E-state index is 12.9. The number of benzene rings is 1. The van der Waals surface area contributed by atoms with E-state index in [2.05, 4.69) is 5.16 Å². The highest BCUT2D eigenvalue weighted by Gasteiger charge is 2.18. The molecule has 2 aromatic rings. The van der Waals surface area contributed by atoms with Crippen molar-refractivity contribution in [1.82, 2.24) is 5.16 Å². The lowest BCUT2D eigenvalue weighted by Crippen LogP contribution is -2.05. The average Bonchev–Trinajstić information content (AvgIpc) is 2.63. The molecular weight excluding hydrogens is 245 g/mol. The zero-order valence-corrected chi connectivity index (χ0v) is 9.87. The van der Waals surface area contributed by atoms with Gasteiger partial charge in [0.2, 0.25) is 0 Å². The smallest absolute Gasteiger partial charge is 0.184 e. The Hall–Kier alpha value is -1.69. The maximum Gasteiger partial charge on any atom is 0.184 e. The number of halogens is 1. The van der Waals surface area contributed by atoms with Crippen molar-refractivity contribution in [3.8, 4) is 0 Å². The van der Waals surface area contributed by atoms with Crippen LogP contribution < -0.4 is 0 Å². The maximum absolute atomic E-state index is 12.9. The first-order valence-electron chi connectivity index (χ1n) is 4.88. The van der Waals surface area contributed by atoms with Gasteiger partial charge in [0, 0.05) is 6.07 Å². The fraction of sp³-hybridized carbons (Fsp3) is 0.182. The van der Waals surface area contributed by atoms with E-state index in [-0.39, 0.29) is 10.6 Å². The van der Waals surface area contributed by atoms with Gasteiger partial charge in [-0.15, -0.1) is 0 Å². The van der Waals surface area contributed by atoms with Crippen molar-refractivity contribution in [2.24, 2.45) is 0 Å². The molecular formula is C11H10FNO3S. The first-order chi connectivity index (χ1) is 7.97. The van der Waals surface area contributed by atoms with Gasteiger partial charge in [0.25, 0.3) is 0 Å². The fourth-order valence-electron chi connectivity index (χ4n) is 1.42. The largest absolute Gasteiger partial charge is 0.361 e. The Balaban J connectivity index is 2.31. The topological polar surface area (TPSA) is 60.2 Å². The highest BCUT2D eigenvalue weighted by atomic mass is 32.2. The van der Waals surface area contributed by atoms with Crippen LogP contribution in [0.25, 0.3) is 0 Å². The van der Waals surface area contributed by atoms with Crippen molar-refractivity contribution >= 4 is 9.84 Å². The molecule has 0 aliphatic heterocycles. The van der Waals surface area contributed by atoms with E-state index in [4.69, 9.17) is 4.52 Å². The minimum atomic E-state index is -3.58. The standard InChI is InChI=1S/C11H10FNO3S/c1-8-5-10(13-16-8)7-17(14,15)11-4-2-3-9(12)6-11/h2-6H,7H2,1H3. The molecule has 0 fully saturated rings. The molecule has 0 saturated carbocycles. The number of nitrogens with zero attached hydrogens (tertiary/aromatic N) is 1. The lowest BCUT2D eigenvalue weighted by atomic mass is 10.3. The monoisotopic (exact) mass is 255 g/mol. The third kappa shape index (κ3) is 2.71. The van der Waals surface area contributed by atoms with Gasteiger partial charge in [0.1, 0.15) is 17.3 Å². The summed E-state index contributed by atoms with van der Waals surface area (Å²) >= 11 is 0. The second-order valence-corrected chi connectivity index (χ2v) is 5.63. The van der Waals surface area contributed by atoms with E-state index in [0.29, 0.717) is 11.5 Å². The normalized spacial score (nSPS) is 11.6. The minimum absolute atomic E-state index is 0.0573. The molecule has 1 heterocycles. The molecule has 2 rings (SSSR count). The summed E-state index contributed by atoms with van der Waals surface area (Å²) in [6.45, 7) is 1.67. The number of sulfone groups is 1. The molecule has 0 spiro atoms. The van der Waals surface area contributed by atoms with E-state index >= 15 is 0 Å². The number of hydrogen-bond acceptors (Lipinski definition) is 4. The van der Waals surface area contributed by atoms with Crippen LogP contribution in [0.4, 0.5) is 4.39 Å². The molecule has 6 heteroatoms. The van der Waals surface area contributed by atoms with Gasteiger partial charge in [0.05, 0.1) is 10.6 Å². The van der Waals surface area contributed by atoms with Gasteiger partial charge in [-0.25, -0.2) is 12.8 Å². The number of aromatic nitrogens is 1. The molecule has 0 aliphatic rings. The molecule has 0 amide bonds. The quantitative estimate of drug-likeness (QED) is 0.842. The minimum Gasteiger partial charge on any atom is -0.361 e. The van der Waals surface area contributed by atoms with Crippen LogP contribution in [-0.2, 0) is 15.6 Å². The summed E-state index contributed by atoms with van der Waals surface area (Å²) < 4.78 is 41.6. The predicted molar refractivity (Wildman–Crippen MR) is 58.5 cm³/mol. The van der Waals surface area contributed by atoms with Gasteiger partial charge < -0.3 is 4.52 Å². The highest BCUT2D eigenvalue weighted by Crippen LogP contribution is 2.17. The summed E-state index contributed by atoms with van der Waals surface area (Å²) in [6.07, 6.45) is 0. The summed E-state index contributed by atoms with van der Waals surface area (Å²) in [7, 11) is -3.58. The van der Waals surface area contributed by atoms with E-state index < -0.39 is 15.7 Å². The first-order valence-corrected chi connectivity index (χ1v) is 6.53. The van der Waals surface area contributed by atoms with E-state index in [9.17, 15) is 12.8 Å². The SMILES string of the molecule is Cc1cc(CS(=O)(=O)c2cccc(F)c2)no1. The number of rotatable bonds is 3. The average molecular weight is 255 g/mol. The van der Waals surface area contributed by atoms with E-state index in [1.54, 1.807) is 6.92 Å². The van der Waals surface area contributed by atoms with Gasteiger partial charge in [-0.2, -0.15) is 0 Å². The zero-order chi connectivity index (χ0) is 12.5. The molecule has 0 unspecified atom stereocenters. The van der Waals surface area contributed by atoms with Crippen LogP contribution in [0, 0.1) is 12.7 Å². The molecule has 1 aromatic carbocycles. The van der Waals surface area contributed by atoms with Gasteiger partial charge in [-0.05, 0) is 25.1 Å². The lowest BCUT2D eigenvalue weighted by molar-refractivity contribution is 0.392. The van der Waals surface area contributed by atoms with Crippen LogP contribution in [0.1, 0.15) is 11.5 Å². The summed E-state index contributed by atoms with van der Waals surface area (Å²) in [4.78, 5) is -0.0573. The van der Waals surface area contributed by atoms with Crippen LogP contribution >= 0.6 is 0 Å². The third-order valence-corrected chi connectivity index (χ3v) is 3.82. The molecule has 0 atom stereocenters. The predicted octanol–water partition coefficient (Wildman–Crippen LogP) is 2.10. The van der Waals surface area contributed by atoms with E-state index in [0.717, 1.165) is 6.07 Å². The Bertz CT molecular complexity index is 634. The Morgan fingerprint density at radius 1 is 1.35 bits per heavy atom. The van der Waals surface area contributed by atoms with Crippen molar-refractivity contribution in [2.45, 2.75) is 17.6 Å². The zero-order valence-electron chi connectivity index (χ0n) is 9.05. The molecule has 0 N–H and O–H groups in total. The Kier molecular flexibility index (Phi) is 2.97. The lowest BCUT2D eigenvalue weighted by Gasteiger charge is -2.01. The van der Waals surface area contributed by atoms with Crippen molar-refractivity contribution in [3.63, 3.8) is 0 Å². The van der Waals surface area contributed by atoms with Crippen molar-refractivity contribution in [2.75, 3.05) is 0 Å². The summed E-state index contributed by atoms with van der Waals surface area (Å²) in [5, 5.41) is 3.60. The molecule has 0 bridgehead atoms. The van der Waals surface area contributed by atoms with Gasteiger partial charge >= 0.3 is 0 Å². The number of aryl methyl sites for hydroxylation is 1. The van der Waals surface area contributed by atoms with Crippen molar-refractivity contribution < 1.29 is 17.3 Å². The summed E-state index contributed by atoms with van der Waals surface area (Å²) in [5.41, 5.74) is 0.312. The van der Waals surface area contributed by atoms with Crippen LogP contribution in [0.5, 0.6) is 0 Å². The molecule has 0 saturated heterocycles. The third-order valence-electron chi connectivity index (χ3n) is 2.17. The highest BCUT2D eigenvalue weighted by molar-refractivity contribution is 7.90. The van der Waals surface area contributed by atoms with E-state index in [1.165, 1.54) is 24.3 Å². The molecule has 90 valence electrons. The summed E-state index contributed by atoms with van der Waals surface area (Å²) in [6, 6.07) is 6.43. The van der Waals surface area contributed by atoms with Gasteiger partial charge in [-0.3, -0.25) is 0 Å². The first kappa shape index (κ1) is 11.8. The Morgan fingerprint density at radius 3 is 2.71 bits per heavy atom. The Labute approximate surface area is 98.0 Å². The van der Waals surface area contributed by atoms with Crippen LogP contribution in [0.3, 0.4) is 0 Å². The number of hydrogen-bond donors (Lipinski definition) is 0. The van der Waals surface area contributed by atoms with Gasteiger partial charge in [0.15, 0.2) is 9.84 Å². The van der Waals surface area contributed by atoms with Crippen LogP contribution in [0.2, 0.25) is 0 Å². The molecule has 0 aliphatic carbocycles. The molecule has 17 heavy (non-hydrogen) atoms. The molecule has 1 aromatic heterocycles. The van der Waals surface area contributed by atoms with Crippen LogP contribution in [0.15, 0.2) is 39.8 Å². The summed E-state index contributed by atoms with van der Waals surface area (Å²) in [5.74, 6) is -0.342. The Morgan fingerprint density at radius 2 is 2.12 bits per heavy atom.